The first kappa shape index (κ1) is 16.1. The molecule has 1 aliphatic heterocycles. The zero-order chi connectivity index (χ0) is 16.8. The predicted molar refractivity (Wildman–Crippen MR) is 92.5 cm³/mol. The second kappa shape index (κ2) is 7.64. The van der Waals surface area contributed by atoms with Crippen molar-refractivity contribution < 1.29 is 14.3 Å². The molecule has 0 bridgehead atoms. The summed E-state index contributed by atoms with van der Waals surface area (Å²) in [5.74, 6) is 0.974. The van der Waals surface area contributed by atoms with Crippen molar-refractivity contribution in [3.05, 3.63) is 59.7 Å². The van der Waals surface area contributed by atoms with Crippen LogP contribution in [0.2, 0.25) is 0 Å². The highest BCUT2D eigenvalue weighted by Crippen LogP contribution is 2.32. The fourth-order valence-corrected chi connectivity index (χ4v) is 2.46. The number of nitrogens with one attached hydrogen (secondary N) is 1. The number of ether oxygens (including phenoxy) is 2. The molecule has 3 rings (SSSR count). The smallest absolute Gasteiger partial charge is 0.271 e. The molecule has 5 nitrogen and oxygen atoms in total. The fourth-order valence-electron chi connectivity index (χ4n) is 2.46. The van der Waals surface area contributed by atoms with Crippen LogP contribution in [0.3, 0.4) is 0 Å². The van der Waals surface area contributed by atoms with E-state index < -0.39 is 0 Å². The molecule has 1 aliphatic rings. The molecule has 0 spiro atoms. The van der Waals surface area contributed by atoms with E-state index in [0.29, 0.717) is 17.1 Å². The van der Waals surface area contributed by atoms with Crippen LogP contribution < -0.4 is 14.9 Å². The number of benzene rings is 2. The van der Waals surface area contributed by atoms with E-state index in [-0.39, 0.29) is 12.7 Å². The zero-order valence-electron chi connectivity index (χ0n) is 13.6. The molecule has 2 aromatic carbocycles. The third-order valence-corrected chi connectivity index (χ3v) is 3.80. The first-order valence-corrected chi connectivity index (χ1v) is 8.10. The van der Waals surface area contributed by atoms with Gasteiger partial charge in [0.1, 0.15) is 0 Å². The number of hydrogen-bond donors (Lipinski definition) is 1. The number of unbranched alkanes of at least 4 members (excludes halogenated alkanes) is 1. The Morgan fingerprint density at radius 1 is 1.08 bits per heavy atom. The Bertz CT molecular complexity index is 742. The second-order valence-electron chi connectivity index (χ2n) is 5.54. The Hall–Kier alpha value is -2.82. The standard InChI is InChI=1S/C19H20N2O3/c1-2-3-9-16(14-7-5-4-6-8-14)20-21-19(22)15-10-11-17-18(12-15)24-13-23-17/h4-8,10-12H,2-3,9,13H2,1H3,(H,21,22). The topological polar surface area (TPSA) is 59.9 Å². The average Bonchev–Trinajstić information content (AvgIpc) is 3.10. The van der Waals surface area contributed by atoms with Crippen molar-refractivity contribution in [3.63, 3.8) is 0 Å². The van der Waals surface area contributed by atoms with E-state index in [1.54, 1.807) is 18.2 Å². The largest absolute Gasteiger partial charge is 0.454 e. The maximum Gasteiger partial charge on any atom is 0.271 e. The Morgan fingerprint density at radius 2 is 1.88 bits per heavy atom. The van der Waals surface area contributed by atoms with Gasteiger partial charge in [-0.15, -0.1) is 0 Å². The van der Waals surface area contributed by atoms with Gasteiger partial charge in [0.2, 0.25) is 6.79 Å². The maximum absolute atomic E-state index is 12.3. The molecule has 5 heteroatoms. The summed E-state index contributed by atoms with van der Waals surface area (Å²) in [6, 6.07) is 15.0. The number of carbonyl (C=O) groups excluding carboxylic acids is 1. The molecule has 0 unspecified atom stereocenters. The molecule has 0 saturated heterocycles. The molecule has 2 aromatic rings. The quantitative estimate of drug-likeness (QED) is 0.650. The first-order valence-electron chi connectivity index (χ1n) is 8.10. The van der Waals surface area contributed by atoms with Gasteiger partial charge in [-0.3, -0.25) is 4.79 Å². The van der Waals surface area contributed by atoms with Crippen LogP contribution in [0, 0.1) is 0 Å². The molecule has 0 aromatic heterocycles. The summed E-state index contributed by atoms with van der Waals surface area (Å²) < 4.78 is 10.6. The van der Waals surface area contributed by atoms with Gasteiger partial charge in [-0.1, -0.05) is 43.7 Å². The van der Waals surface area contributed by atoms with Gasteiger partial charge in [0.15, 0.2) is 11.5 Å². The molecule has 0 fully saturated rings. The van der Waals surface area contributed by atoms with E-state index in [4.69, 9.17) is 9.47 Å². The molecule has 1 heterocycles. The number of hydrazone groups is 1. The number of carbonyl (C=O) groups is 1. The van der Waals surface area contributed by atoms with Crippen LogP contribution in [-0.4, -0.2) is 18.4 Å². The average molecular weight is 324 g/mol. The molecule has 124 valence electrons. The zero-order valence-corrected chi connectivity index (χ0v) is 13.6. The first-order chi connectivity index (χ1) is 11.8. The third kappa shape index (κ3) is 3.74. The minimum Gasteiger partial charge on any atom is -0.454 e. The molecule has 0 radical (unpaired) electrons. The van der Waals surface area contributed by atoms with Crippen molar-refractivity contribution in [2.45, 2.75) is 26.2 Å². The minimum atomic E-state index is -0.266. The van der Waals surface area contributed by atoms with E-state index in [1.165, 1.54) is 0 Å². The lowest BCUT2D eigenvalue weighted by atomic mass is 10.1. The van der Waals surface area contributed by atoms with Gasteiger partial charge in [-0.25, -0.2) is 5.43 Å². The molecule has 1 amide bonds. The lowest BCUT2D eigenvalue weighted by molar-refractivity contribution is 0.0954. The molecule has 0 atom stereocenters. The van der Waals surface area contributed by atoms with E-state index in [9.17, 15) is 4.79 Å². The number of amides is 1. The van der Waals surface area contributed by atoms with Crippen LogP contribution in [0.25, 0.3) is 0 Å². The highest BCUT2D eigenvalue weighted by Gasteiger charge is 2.16. The van der Waals surface area contributed by atoms with Gasteiger partial charge in [-0.05, 0) is 36.6 Å². The summed E-state index contributed by atoms with van der Waals surface area (Å²) >= 11 is 0. The number of nitrogens with zero attached hydrogens (tertiary/aromatic N) is 1. The van der Waals surface area contributed by atoms with Gasteiger partial charge in [0.05, 0.1) is 5.71 Å². The van der Waals surface area contributed by atoms with E-state index in [1.807, 2.05) is 30.3 Å². The Kier molecular flexibility index (Phi) is 5.11. The van der Waals surface area contributed by atoms with Crippen molar-refractivity contribution in [1.29, 1.82) is 0 Å². The van der Waals surface area contributed by atoms with E-state index >= 15 is 0 Å². The van der Waals surface area contributed by atoms with Crippen molar-refractivity contribution in [3.8, 4) is 11.5 Å². The summed E-state index contributed by atoms with van der Waals surface area (Å²) in [7, 11) is 0. The van der Waals surface area contributed by atoms with Gasteiger partial charge in [-0.2, -0.15) is 5.10 Å². The monoisotopic (exact) mass is 324 g/mol. The number of rotatable bonds is 6. The van der Waals surface area contributed by atoms with Crippen LogP contribution in [0.15, 0.2) is 53.6 Å². The lowest BCUT2D eigenvalue weighted by Gasteiger charge is -2.07. The molecule has 0 saturated carbocycles. The highest BCUT2D eigenvalue weighted by molar-refractivity contribution is 6.02. The minimum absolute atomic E-state index is 0.188. The normalized spacial score (nSPS) is 13.0. The van der Waals surface area contributed by atoms with Gasteiger partial charge in [0, 0.05) is 5.56 Å². The van der Waals surface area contributed by atoms with Crippen molar-refractivity contribution in [2.24, 2.45) is 5.10 Å². The van der Waals surface area contributed by atoms with Crippen molar-refractivity contribution in [2.75, 3.05) is 6.79 Å². The lowest BCUT2D eigenvalue weighted by Crippen LogP contribution is -2.20. The van der Waals surface area contributed by atoms with Crippen LogP contribution >= 0.6 is 0 Å². The molecular weight excluding hydrogens is 304 g/mol. The van der Waals surface area contributed by atoms with Gasteiger partial charge >= 0.3 is 0 Å². The van der Waals surface area contributed by atoms with Gasteiger partial charge < -0.3 is 9.47 Å². The second-order valence-corrected chi connectivity index (χ2v) is 5.54. The van der Waals surface area contributed by atoms with Crippen LogP contribution in [-0.2, 0) is 0 Å². The SMILES string of the molecule is CCCCC(=NNC(=O)c1ccc2c(c1)OCO2)c1ccccc1. The van der Waals surface area contributed by atoms with Crippen molar-refractivity contribution in [1.82, 2.24) is 5.43 Å². The van der Waals surface area contributed by atoms with Crippen molar-refractivity contribution >= 4 is 11.6 Å². The summed E-state index contributed by atoms with van der Waals surface area (Å²) in [4.78, 5) is 12.3. The summed E-state index contributed by atoms with van der Waals surface area (Å²) in [6.07, 6.45) is 2.91. The highest BCUT2D eigenvalue weighted by atomic mass is 16.7. The van der Waals surface area contributed by atoms with Crippen LogP contribution in [0.5, 0.6) is 11.5 Å². The molecular formula is C19H20N2O3. The third-order valence-electron chi connectivity index (χ3n) is 3.80. The number of fused-ring (bicyclic) bond motifs is 1. The predicted octanol–water partition coefficient (Wildman–Crippen LogP) is 3.74. The van der Waals surface area contributed by atoms with Crippen LogP contribution in [0.4, 0.5) is 0 Å². The summed E-state index contributed by atoms with van der Waals surface area (Å²) in [5, 5.41) is 4.35. The fraction of sp³-hybridized carbons (Fsp3) is 0.263. The molecule has 24 heavy (non-hydrogen) atoms. The molecule has 0 aliphatic carbocycles. The van der Waals surface area contributed by atoms with E-state index in [0.717, 1.165) is 30.5 Å². The van der Waals surface area contributed by atoms with Gasteiger partial charge in [0.25, 0.3) is 5.91 Å². The van der Waals surface area contributed by atoms with E-state index in [2.05, 4.69) is 17.5 Å². The Labute approximate surface area is 141 Å². The summed E-state index contributed by atoms with van der Waals surface area (Å²) in [5.41, 5.74) is 5.05. The van der Waals surface area contributed by atoms with Crippen LogP contribution in [0.1, 0.15) is 42.1 Å². The molecule has 1 N–H and O–H groups in total. The summed E-state index contributed by atoms with van der Waals surface area (Å²) in [6.45, 7) is 2.32. The number of hydrogen-bond acceptors (Lipinski definition) is 4. The Balaban J connectivity index is 1.74. The Morgan fingerprint density at radius 3 is 2.67 bits per heavy atom. The maximum atomic E-state index is 12.3.